The second-order valence-corrected chi connectivity index (χ2v) is 4.21. The summed E-state index contributed by atoms with van der Waals surface area (Å²) in [6, 6.07) is 9.88. The summed E-state index contributed by atoms with van der Waals surface area (Å²) in [6.07, 6.45) is 0. The van der Waals surface area contributed by atoms with Crippen molar-refractivity contribution in [3.05, 3.63) is 52.3 Å². The smallest absolute Gasteiger partial charge is 0.165 e. The van der Waals surface area contributed by atoms with E-state index in [1.807, 2.05) is 0 Å². The van der Waals surface area contributed by atoms with Crippen LogP contribution in [0.2, 0.25) is 10.0 Å². The molecule has 0 saturated carbocycles. The van der Waals surface area contributed by atoms with Crippen LogP contribution in [0, 0.1) is 5.82 Å². The van der Waals surface area contributed by atoms with E-state index in [0.717, 1.165) is 0 Å². The highest BCUT2D eigenvalue weighted by atomic mass is 35.5. The molecule has 0 N–H and O–H groups in total. The summed E-state index contributed by atoms with van der Waals surface area (Å²) in [4.78, 5) is 0. The van der Waals surface area contributed by atoms with Gasteiger partial charge in [-0.2, -0.15) is 0 Å². The Bertz CT molecular complexity index is 555. The Morgan fingerprint density at radius 1 is 1.00 bits per heavy atom. The Hall–Kier alpha value is -1.25. The summed E-state index contributed by atoms with van der Waals surface area (Å²) in [5, 5.41) is 0.813. The summed E-state index contributed by atoms with van der Waals surface area (Å²) in [5.74, 6) is -0.266. The van der Waals surface area contributed by atoms with Gasteiger partial charge >= 0.3 is 0 Å². The minimum Gasteiger partial charge on any atom is -0.493 e. The Morgan fingerprint density at radius 3 is 2.35 bits per heavy atom. The molecule has 0 heterocycles. The fourth-order valence-electron chi connectivity index (χ4n) is 1.64. The molecule has 2 rings (SSSR count). The monoisotopic (exact) mass is 270 g/mol. The van der Waals surface area contributed by atoms with E-state index >= 15 is 0 Å². The van der Waals surface area contributed by atoms with Crippen LogP contribution in [0.25, 0.3) is 11.1 Å². The molecule has 88 valence electrons. The molecule has 17 heavy (non-hydrogen) atoms. The maximum atomic E-state index is 13.6. The largest absolute Gasteiger partial charge is 0.493 e. The van der Waals surface area contributed by atoms with Gasteiger partial charge < -0.3 is 4.74 Å². The van der Waals surface area contributed by atoms with Crippen LogP contribution in [0.3, 0.4) is 0 Å². The molecule has 0 spiro atoms. The highest BCUT2D eigenvalue weighted by molar-refractivity contribution is 6.43. The number of halogens is 3. The van der Waals surface area contributed by atoms with Crippen LogP contribution in [0.4, 0.5) is 4.39 Å². The summed E-state index contributed by atoms with van der Waals surface area (Å²) in [7, 11) is 1.42. The topological polar surface area (TPSA) is 9.23 Å². The quantitative estimate of drug-likeness (QED) is 0.761. The predicted octanol–water partition coefficient (Wildman–Crippen LogP) is 4.81. The number of ether oxygens (including phenoxy) is 1. The molecule has 2 aromatic rings. The Labute approximate surface area is 109 Å². The highest BCUT2D eigenvalue weighted by Gasteiger charge is 2.14. The van der Waals surface area contributed by atoms with Crippen LogP contribution in [-0.2, 0) is 0 Å². The first kappa shape index (κ1) is 12.2. The van der Waals surface area contributed by atoms with Crippen molar-refractivity contribution in [2.45, 2.75) is 0 Å². The number of benzene rings is 2. The zero-order valence-corrected chi connectivity index (χ0v) is 10.5. The molecule has 0 fully saturated rings. The fourth-order valence-corrected chi connectivity index (χ4v) is 2.04. The van der Waals surface area contributed by atoms with Crippen LogP contribution in [0.15, 0.2) is 36.4 Å². The molecule has 0 unspecified atom stereocenters. The van der Waals surface area contributed by atoms with Crippen LogP contribution < -0.4 is 4.74 Å². The molecule has 4 heteroatoms. The van der Waals surface area contributed by atoms with E-state index < -0.39 is 5.82 Å². The van der Waals surface area contributed by atoms with Crippen molar-refractivity contribution in [3.63, 3.8) is 0 Å². The molecule has 0 atom stereocenters. The van der Waals surface area contributed by atoms with Gasteiger partial charge in [0.1, 0.15) is 0 Å². The van der Waals surface area contributed by atoms with Gasteiger partial charge in [-0.15, -0.1) is 0 Å². The zero-order chi connectivity index (χ0) is 12.4. The van der Waals surface area contributed by atoms with Crippen molar-refractivity contribution in [1.29, 1.82) is 0 Å². The molecule has 0 saturated heterocycles. The van der Waals surface area contributed by atoms with Crippen LogP contribution in [0.5, 0.6) is 5.75 Å². The average Bonchev–Trinajstić information content (AvgIpc) is 2.32. The maximum Gasteiger partial charge on any atom is 0.165 e. The minimum absolute atomic E-state index is 0.164. The van der Waals surface area contributed by atoms with E-state index in [1.54, 1.807) is 30.3 Å². The predicted molar refractivity (Wildman–Crippen MR) is 68.4 cm³/mol. The van der Waals surface area contributed by atoms with Gasteiger partial charge in [-0.3, -0.25) is 0 Å². The van der Waals surface area contributed by atoms with E-state index in [1.165, 1.54) is 13.2 Å². The van der Waals surface area contributed by atoms with Crippen molar-refractivity contribution >= 4 is 23.2 Å². The first-order valence-electron chi connectivity index (χ1n) is 4.92. The molecule has 0 amide bonds. The van der Waals surface area contributed by atoms with Crippen LogP contribution in [0.1, 0.15) is 0 Å². The second-order valence-electron chi connectivity index (χ2n) is 3.42. The lowest BCUT2D eigenvalue weighted by Crippen LogP contribution is -1.92. The van der Waals surface area contributed by atoms with E-state index in [0.29, 0.717) is 21.2 Å². The lowest BCUT2D eigenvalue weighted by molar-refractivity contribution is 0.388. The molecule has 1 nitrogen and oxygen atoms in total. The van der Waals surface area contributed by atoms with Crippen molar-refractivity contribution in [2.75, 3.05) is 7.11 Å². The molecular formula is C13H9Cl2FO. The van der Waals surface area contributed by atoms with E-state index in [4.69, 9.17) is 27.9 Å². The highest BCUT2D eigenvalue weighted by Crippen LogP contribution is 2.39. The molecular weight excluding hydrogens is 262 g/mol. The van der Waals surface area contributed by atoms with Gasteiger partial charge in [0.05, 0.1) is 17.2 Å². The maximum absolute atomic E-state index is 13.6. The van der Waals surface area contributed by atoms with Gasteiger partial charge in [-0.25, -0.2) is 4.39 Å². The van der Waals surface area contributed by atoms with E-state index in [2.05, 4.69) is 0 Å². The molecule has 0 aliphatic carbocycles. The molecule has 0 aliphatic rings. The number of rotatable bonds is 2. The van der Waals surface area contributed by atoms with E-state index in [-0.39, 0.29) is 5.75 Å². The van der Waals surface area contributed by atoms with Gasteiger partial charge in [0.2, 0.25) is 0 Å². The Morgan fingerprint density at radius 2 is 1.65 bits per heavy atom. The molecule has 0 aromatic heterocycles. The Kier molecular flexibility index (Phi) is 3.55. The van der Waals surface area contributed by atoms with Crippen molar-refractivity contribution in [1.82, 2.24) is 0 Å². The lowest BCUT2D eigenvalue weighted by atomic mass is 10.0. The number of para-hydroxylation sites is 1. The standard InChI is InChI=1S/C13H9Cl2FO/c1-17-13-9(5-3-7-11(13)16)8-4-2-6-10(14)12(8)15/h2-7H,1H3. The molecule has 2 aromatic carbocycles. The SMILES string of the molecule is COc1c(F)cccc1-c1cccc(Cl)c1Cl. The molecule has 0 aliphatic heterocycles. The normalized spacial score (nSPS) is 10.4. The van der Waals surface area contributed by atoms with Crippen LogP contribution >= 0.6 is 23.2 Å². The number of methoxy groups -OCH3 is 1. The zero-order valence-electron chi connectivity index (χ0n) is 9.01. The molecule has 0 bridgehead atoms. The third kappa shape index (κ3) is 2.24. The van der Waals surface area contributed by atoms with Gasteiger partial charge in [-0.05, 0) is 12.1 Å². The van der Waals surface area contributed by atoms with Gasteiger partial charge in [0.25, 0.3) is 0 Å². The summed E-state index contributed by atoms with van der Waals surface area (Å²) in [5.41, 5.74) is 1.23. The molecule has 0 radical (unpaired) electrons. The third-order valence-electron chi connectivity index (χ3n) is 2.41. The van der Waals surface area contributed by atoms with Crippen LogP contribution in [-0.4, -0.2) is 7.11 Å². The van der Waals surface area contributed by atoms with Gasteiger partial charge in [0, 0.05) is 11.1 Å². The number of hydrogen-bond acceptors (Lipinski definition) is 1. The summed E-state index contributed by atoms with van der Waals surface area (Å²) >= 11 is 12.0. The minimum atomic E-state index is -0.430. The average molecular weight is 271 g/mol. The lowest BCUT2D eigenvalue weighted by Gasteiger charge is -2.11. The Balaban J connectivity index is 2.68. The van der Waals surface area contributed by atoms with Crippen molar-refractivity contribution < 1.29 is 9.13 Å². The first-order valence-corrected chi connectivity index (χ1v) is 5.67. The van der Waals surface area contributed by atoms with E-state index in [9.17, 15) is 4.39 Å². The van der Waals surface area contributed by atoms with Crippen molar-refractivity contribution in [3.8, 4) is 16.9 Å². The first-order chi connectivity index (χ1) is 8.15. The fraction of sp³-hybridized carbons (Fsp3) is 0.0769. The third-order valence-corrected chi connectivity index (χ3v) is 3.23. The van der Waals surface area contributed by atoms with Crippen molar-refractivity contribution in [2.24, 2.45) is 0 Å². The summed E-state index contributed by atoms with van der Waals surface area (Å²) in [6.45, 7) is 0. The van der Waals surface area contributed by atoms with Gasteiger partial charge in [0.15, 0.2) is 11.6 Å². The number of hydrogen-bond donors (Lipinski definition) is 0. The summed E-state index contributed by atoms with van der Waals surface area (Å²) < 4.78 is 18.6. The second kappa shape index (κ2) is 4.94. The van der Waals surface area contributed by atoms with Gasteiger partial charge in [-0.1, -0.05) is 47.5 Å².